The van der Waals surface area contributed by atoms with Crippen LogP contribution in [-0.2, 0) is 0 Å². The fraction of sp³-hybridized carbons (Fsp3) is 0.200. The van der Waals surface area contributed by atoms with E-state index in [1.54, 1.807) is 7.11 Å². The van der Waals surface area contributed by atoms with Gasteiger partial charge in [0.1, 0.15) is 5.75 Å². The molecule has 0 amide bonds. The van der Waals surface area contributed by atoms with Gasteiger partial charge in [-0.3, -0.25) is 0 Å². The Balaban J connectivity index is 2.05. The number of nitrogens with one attached hydrogen (secondary N) is 1. The number of hydrogen-bond donors (Lipinski definition) is 1. The van der Waals surface area contributed by atoms with E-state index in [0.717, 1.165) is 34.7 Å². The number of anilines is 3. The van der Waals surface area contributed by atoms with Gasteiger partial charge in [-0.05, 0) is 30.3 Å². The molecule has 4 heteroatoms. The molecule has 1 N–H and O–H groups in total. The van der Waals surface area contributed by atoms with Gasteiger partial charge < -0.3 is 15.0 Å². The van der Waals surface area contributed by atoms with E-state index in [4.69, 9.17) is 4.74 Å². The molecule has 3 rings (SSSR count). The third kappa shape index (κ3) is 2.40. The first-order valence-corrected chi connectivity index (χ1v) is 7.02. The molecule has 1 aliphatic heterocycles. The Bertz CT molecular complexity index is 600. The maximum atomic E-state index is 5.31. The maximum absolute atomic E-state index is 5.31. The van der Waals surface area contributed by atoms with Crippen molar-refractivity contribution in [3.05, 3.63) is 46.9 Å². The van der Waals surface area contributed by atoms with Crippen LogP contribution in [0.3, 0.4) is 0 Å². The number of rotatable bonds is 2. The van der Waals surface area contributed by atoms with E-state index in [1.165, 1.54) is 5.69 Å². The maximum Gasteiger partial charge on any atom is 0.120 e. The van der Waals surface area contributed by atoms with Crippen molar-refractivity contribution >= 4 is 33.0 Å². The summed E-state index contributed by atoms with van der Waals surface area (Å²) in [6.07, 6.45) is 0. The minimum Gasteiger partial charge on any atom is -0.497 e. The highest BCUT2D eigenvalue weighted by Gasteiger charge is 2.18. The smallest absolute Gasteiger partial charge is 0.120 e. The topological polar surface area (TPSA) is 24.5 Å². The first kappa shape index (κ1) is 12.4. The zero-order valence-corrected chi connectivity index (χ0v) is 12.3. The van der Waals surface area contributed by atoms with Gasteiger partial charge in [0.25, 0.3) is 0 Å². The molecule has 0 fully saturated rings. The summed E-state index contributed by atoms with van der Waals surface area (Å²) in [6, 6.07) is 14.5. The Morgan fingerprint density at radius 3 is 2.95 bits per heavy atom. The van der Waals surface area contributed by atoms with Gasteiger partial charge in [0.2, 0.25) is 0 Å². The van der Waals surface area contributed by atoms with Crippen molar-refractivity contribution in [3.8, 4) is 5.75 Å². The van der Waals surface area contributed by atoms with Gasteiger partial charge in [-0.1, -0.05) is 22.0 Å². The molecule has 2 aromatic rings. The summed E-state index contributed by atoms with van der Waals surface area (Å²) in [7, 11) is 1.70. The van der Waals surface area contributed by atoms with Crippen LogP contribution in [0.2, 0.25) is 0 Å². The number of ether oxygens (including phenoxy) is 1. The third-order valence-electron chi connectivity index (χ3n) is 3.27. The van der Waals surface area contributed by atoms with Crippen LogP contribution >= 0.6 is 15.9 Å². The van der Waals surface area contributed by atoms with Crippen molar-refractivity contribution in [1.29, 1.82) is 0 Å². The monoisotopic (exact) mass is 318 g/mol. The summed E-state index contributed by atoms with van der Waals surface area (Å²) < 4.78 is 6.39. The molecular formula is C15H15BrN2O. The van der Waals surface area contributed by atoms with Crippen molar-refractivity contribution in [2.45, 2.75) is 0 Å². The highest BCUT2D eigenvalue weighted by atomic mass is 79.9. The number of halogens is 1. The van der Waals surface area contributed by atoms with Crippen LogP contribution in [0.1, 0.15) is 0 Å². The van der Waals surface area contributed by atoms with Crippen LogP contribution in [0.4, 0.5) is 17.1 Å². The molecule has 0 spiro atoms. The molecule has 0 saturated carbocycles. The largest absolute Gasteiger partial charge is 0.497 e. The van der Waals surface area contributed by atoms with E-state index in [0.29, 0.717) is 0 Å². The zero-order valence-electron chi connectivity index (χ0n) is 10.7. The van der Waals surface area contributed by atoms with Crippen LogP contribution in [0.25, 0.3) is 0 Å². The Labute approximate surface area is 121 Å². The first-order chi connectivity index (χ1) is 9.28. The van der Waals surface area contributed by atoms with Crippen molar-refractivity contribution < 1.29 is 4.74 Å². The average Bonchev–Trinajstić information content (AvgIpc) is 2.46. The van der Waals surface area contributed by atoms with Crippen LogP contribution in [0.15, 0.2) is 46.9 Å². The molecule has 0 bridgehead atoms. The van der Waals surface area contributed by atoms with E-state index in [9.17, 15) is 0 Å². The average molecular weight is 319 g/mol. The first-order valence-electron chi connectivity index (χ1n) is 6.23. The van der Waals surface area contributed by atoms with Crippen molar-refractivity contribution in [1.82, 2.24) is 0 Å². The third-order valence-corrected chi connectivity index (χ3v) is 3.76. The van der Waals surface area contributed by atoms with Gasteiger partial charge in [-0.2, -0.15) is 0 Å². The fourth-order valence-corrected chi connectivity index (χ4v) is 2.70. The SMILES string of the molecule is COc1cccc(N2CCNc3ccc(Br)cc32)c1. The summed E-state index contributed by atoms with van der Waals surface area (Å²) in [5.74, 6) is 0.882. The summed E-state index contributed by atoms with van der Waals surface area (Å²) in [5, 5.41) is 3.42. The Morgan fingerprint density at radius 2 is 2.11 bits per heavy atom. The van der Waals surface area contributed by atoms with Crippen LogP contribution in [0, 0.1) is 0 Å². The lowest BCUT2D eigenvalue weighted by Crippen LogP contribution is -2.30. The van der Waals surface area contributed by atoms with Gasteiger partial charge in [0.15, 0.2) is 0 Å². The summed E-state index contributed by atoms with van der Waals surface area (Å²) in [5.41, 5.74) is 3.51. The molecule has 19 heavy (non-hydrogen) atoms. The molecule has 2 aromatic carbocycles. The Kier molecular flexibility index (Phi) is 3.34. The fourth-order valence-electron chi connectivity index (χ4n) is 2.35. The lowest BCUT2D eigenvalue weighted by atomic mass is 10.1. The van der Waals surface area contributed by atoms with Crippen LogP contribution < -0.4 is 15.0 Å². The summed E-state index contributed by atoms with van der Waals surface area (Å²) >= 11 is 3.54. The summed E-state index contributed by atoms with van der Waals surface area (Å²) in [4.78, 5) is 2.30. The highest BCUT2D eigenvalue weighted by Crippen LogP contribution is 2.37. The van der Waals surface area contributed by atoms with E-state index in [2.05, 4.69) is 56.5 Å². The van der Waals surface area contributed by atoms with Gasteiger partial charge >= 0.3 is 0 Å². The number of benzene rings is 2. The van der Waals surface area contributed by atoms with Gasteiger partial charge in [-0.25, -0.2) is 0 Å². The molecule has 0 unspecified atom stereocenters. The summed E-state index contributed by atoms with van der Waals surface area (Å²) in [6.45, 7) is 1.88. The van der Waals surface area contributed by atoms with Crippen molar-refractivity contribution in [2.24, 2.45) is 0 Å². The predicted molar refractivity (Wildman–Crippen MR) is 82.6 cm³/mol. The normalized spacial score (nSPS) is 13.7. The molecule has 0 atom stereocenters. The number of methoxy groups -OCH3 is 1. The molecule has 98 valence electrons. The van der Waals surface area contributed by atoms with Gasteiger partial charge in [-0.15, -0.1) is 0 Å². The van der Waals surface area contributed by atoms with Crippen LogP contribution in [-0.4, -0.2) is 20.2 Å². The van der Waals surface area contributed by atoms with E-state index >= 15 is 0 Å². The van der Waals surface area contributed by atoms with Crippen LogP contribution in [0.5, 0.6) is 5.75 Å². The lowest BCUT2D eigenvalue weighted by molar-refractivity contribution is 0.415. The predicted octanol–water partition coefficient (Wildman–Crippen LogP) is 4.02. The quantitative estimate of drug-likeness (QED) is 0.905. The van der Waals surface area contributed by atoms with Crippen molar-refractivity contribution in [3.63, 3.8) is 0 Å². The Morgan fingerprint density at radius 1 is 1.21 bits per heavy atom. The molecule has 0 aliphatic carbocycles. The number of hydrogen-bond acceptors (Lipinski definition) is 3. The minimum absolute atomic E-state index is 0.882. The molecular weight excluding hydrogens is 304 g/mol. The Hall–Kier alpha value is -1.68. The van der Waals surface area contributed by atoms with Crippen molar-refractivity contribution in [2.75, 3.05) is 30.4 Å². The minimum atomic E-state index is 0.882. The van der Waals surface area contributed by atoms with E-state index in [-0.39, 0.29) is 0 Å². The molecule has 0 aromatic heterocycles. The standard InChI is InChI=1S/C15H15BrN2O/c1-19-13-4-2-3-12(10-13)18-8-7-17-14-6-5-11(16)9-15(14)18/h2-6,9-10,17H,7-8H2,1H3. The second-order valence-electron chi connectivity index (χ2n) is 4.44. The molecule has 1 heterocycles. The molecule has 3 nitrogen and oxygen atoms in total. The zero-order chi connectivity index (χ0) is 13.2. The number of nitrogens with zero attached hydrogens (tertiary/aromatic N) is 1. The van der Waals surface area contributed by atoms with Gasteiger partial charge in [0.05, 0.1) is 18.5 Å². The van der Waals surface area contributed by atoms with E-state index < -0.39 is 0 Å². The van der Waals surface area contributed by atoms with Gasteiger partial charge in [0, 0.05) is 29.3 Å². The second kappa shape index (κ2) is 5.13. The lowest BCUT2D eigenvalue weighted by Gasteiger charge is -2.32. The number of fused-ring (bicyclic) bond motifs is 1. The molecule has 0 saturated heterocycles. The second-order valence-corrected chi connectivity index (χ2v) is 5.36. The molecule has 1 aliphatic rings. The van der Waals surface area contributed by atoms with E-state index in [1.807, 2.05) is 12.1 Å². The molecule has 0 radical (unpaired) electrons. The highest BCUT2D eigenvalue weighted by molar-refractivity contribution is 9.10.